The fraction of sp³-hybridized carbons (Fsp3) is 0.667. The number of hydrogen-bond acceptors (Lipinski definition) is 2. The van der Waals surface area contributed by atoms with Crippen LogP contribution in [0.4, 0.5) is 13.2 Å². The quantitative estimate of drug-likeness (QED) is 0.759. The summed E-state index contributed by atoms with van der Waals surface area (Å²) in [5.74, 6) is 0.400. The lowest BCUT2D eigenvalue weighted by atomic mass is 10.2. The highest BCUT2D eigenvalue weighted by Gasteiger charge is 2.37. The smallest absolute Gasteiger partial charge is 0.344 e. The first-order valence-electron chi connectivity index (χ1n) is 4.85. The molecule has 1 aliphatic rings. The molecule has 0 radical (unpaired) electrons. The van der Waals surface area contributed by atoms with Crippen LogP contribution in [-0.4, -0.2) is 16.5 Å². The van der Waals surface area contributed by atoms with Crippen LogP contribution in [0.3, 0.4) is 0 Å². The molecule has 3 nitrogen and oxygen atoms in total. The average Bonchev–Trinajstić information content (AvgIpc) is 2.68. The Morgan fingerprint density at radius 1 is 1.40 bits per heavy atom. The molecule has 1 atom stereocenters. The normalized spacial score (nSPS) is 22.3. The summed E-state index contributed by atoms with van der Waals surface area (Å²) in [4.78, 5) is 6.32. The molecule has 1 aliphatic heterocycles. The second kappa shape index (κ2) is 3.52. The molecule has 84 valence electrons. The van der Waals surface area contributed by atoms with Crippen LogP contribution in [0, 0.1) is 6.92 Å². The molecule has 0 spiro atoms. The van der Waals surface area contributed by atoms with E-state index in [1.54, 1.807) is 0 Å². The Morgan fingerprint density at radius 2 is 2.13 bits per heavy atom. The van der Waals surface area contributed by atoms with Gasteiger partial charge < -0.3 is 10.3 Å². The van der Waals surface area contributed by atoms with Crippen molar-refractivity contribution in [1.82, 2.24) is 15.3 Å². The monoisotopic (exact) mass is 219 g/mol. The number of halogens is 3. The second-order valence-corrected chi connectivity index (χ2v) is 3.74. The lowest BCUT2D eigenvalue weighted by Crippen LogP contribution is -2.14. The van der Waals surface area contributed by atoms with E-state index in [4.69, 9.17) is 0 Å². The zero-order valence-corrected chi connectivity index (χ0v) is 8.28. The van der Waals surface area contributed by atoms with E-state index in [1.807, 2.05) is 0 Å². The largest absolute Gasteiger partial charge is 0.435 e. The molecule has 15 heavy (non-hydrogen) atoms. The lowest BCUT2D eigenvalue weighted by molar-refractivity contribution is -0.141. The van der Waals surface area contributed by atoms with Crippen LogP contribution in [0.2, 0.25) is 0 Å². The zero-order chi connectivity index (χ0) is 11.1. The fourth-order valence-corrected chi connectivity index (χ4v) is 1.84. The number of aryl methyl sites for hydroxylation is 1. The Hall–Kier alpha value is -1.04. The summed E-state index contributed by atoms with van der Waals surface area (Å²) in [7, 11) is 0. The molecular weight excluding hydrogens is 207 g/mol. The van der Waals surface area contributed by atoms with Crippen LogP contribution in [0.25, 0.3) is 0 Å². The summed E-state index contributed by atoms with van der Waals surface area (Å²) in [6, 6.07) is -0.0557. The van der Waals surface area contributed by atoms with Crippen LogP contribution in [0.15, 0.2) is 0 Å². The molecule has 1 unspecified atom stereocenters. The predicted octanol–water partition coefficient (Wildman–Crippen LogP) is 2.16. The van der Waals surface area contributed by atoms with Crippen molar-refractivity contribution in [2.24, 2.45) is 0 Å². The van der Waals surface area contributed by atoms with Gasteiger partial charge in [-0.2, -0.15) is 13.2 Å². The molecule has 2 rings (SSSR count). The molecule has 1 saturated heterocycles. The van der Waals surface area contributed by atoms with Crippen molar-refractivity contribution >= 4 is 0 Å². The van der Waals surface area contributed by atoms with Gasteiger partial charge in [0.05, 0.1) is 6.04 Å². The maximum Gasteiger partial charge on any atom is 0.435 e. The summed E-state index contributed by atoms with van der Waals surface area (Å²) < 4.78 is 37.3. The number of H-pyrrole nitrogens is 1. The average molecular weight is 219 g/mol. The van der Waals surface area contributed by atoms with Gasteiger partial charge in [0.15, 0.2) is 5.69 Å². The van der Waals surface area contributed by atoms with Crippen LogP contribution in [-0.2, 0) is 6.18 Å². The molecule has 2 N–H and O–H groups in total. The van der Waals surface area contributed by atoms with Crippen LogP contribution < -0.4 is 5.32 Å². The summed E-state index contributed by atoms with van der Waals surface area (Å²) in [5.41, 5.74) is -0.711. The molecule has 1 fully saturated rings. The van der Waals surface area contributed by atoms with Crippen molar-refractivity contribution in [3.05, 3.63) is 17.2 Å². The molecule has 0 bridgehead atoms. The standard InChI is InChI=1S/C9H12F3N3/c1-5-7(9(10,11)12)15-8(14-5)6-3-2-4-13-6/h6,13H,2-4H2,1H3,(H,14,15). The van der Waals surface area contributed by atoms with Gasteiger partial charge in [-0.3, -0.25) is 0 Å². The molecule has 0 aliphatic carbocycles. The van der Waals surface area contributed by atoms with E-state index in [2.05, 4.69) is 15.3 Å². The number of nitrogens with one attached hydrogen (secondary N) is 2. The van der Waals surface area contributed by atoms with Crippen molar-refractivity contribution in [1.29, 1.82) is 0 Å². The predicted molar refractivity (Wildman–Crippen MR) is 48.3 cm³/mol. The van der Waals surface area contributed by atoms with E-state index in [9.17, 15) is 13.2 Å². The van der Waals surface area contributed by atoms with Crippen molar-refractivity contribution in [3.8, 4) is 0 Å². The molecule has 6 heteroatoms. The number of nitrogens with zero attached hydrogens (tertiary/aromatic N) is 1. The molecular formula is C9H12F3N3. The minimum atomic E-state index is -4.36. The lowest BCUT2D eigenvalue weighted by Gasteiger charge is -2.05. The zero-order valence-electron chi connectivity index (χ0n) is 8.28. The first kappa shape index (κ1) is 10.5. The highest BCUT2D eigenvalue weighted by Crippen LogP contribution is 2.32. The third-order valence-electron chi connectivity index (χ3n) is 2.56. The van der Waals surface area contributed by atoms with Gasteiger partial charge in [0, 0.05) is 5.69 Å². The van der Waals surface area contributed by atoms with Crippen molar-refractivity contribution in [3.63, 3.8) is 0 Å². The van der Waals surface area contributed by atoms with E-state index in [0.29, 0.717) is 5.82 Å². The molecule has 1 aromatic rings. The maximum atomic E-state index is 12.4. The molecule has 0 saturated carbocycles. The molecule has 0 amide bonds. The van der Waals surface area contributed by atoms with Crippen molar-refractivity contribution in [2.45, 2.75) is 32.0 Å². The maximum absolute atomic E-state index is 12.4. The van der Waals surface area contributed by atoms with Crippen LogP contribution >= 0.6 is 0 Å². The number of aromatic nitrogens is 2. The highest BCUT2D eigenvalue weighted by molar-refractivity contribution is 5.18. The number of hydrogen-bond donors (Lipinski definition) is 2. The third-order valence-corrected chi connectivity index (χ3v) is 2.56. The summed E-state index contributed by atoms with van der Waals surface area (Å²) in [6.45, 7) is 2.24. The van der Waals surface area contributed by atoms with Gasteiger partial charge >= 0.3 is 6.18 Å². The minimum Gasteiger partial charge on any atom is -0.344 e. The minimum absolute atomic E-state index is 0.0557. The molecule has 1 aromatic heterocycles. The van der Waals surface area contributed by atoms with Crippen molar-refractivity contribution in [2.75, 3.05) is 6.54 Å². The first-order chi connectivity index (χ1) is 6.98. The number of rotatable bonds is 1. The Kier molecular flexibility index (Phi) is 2.46. The Bertz CT molecular complexity index is 350. The van der Waals surface area contributed by atoms with Gasteiger partial charge in [-0.25, -0.2) is 4.98 Å². The third kappa shape index (κ3) is 1.99. The first-order valence-corrected chi connectivity index (χ1v) is 4.85. The van der Waals surface area contributed by atoms with E-state index >= 15 is 0 Å². The van der Waals surface area contributed by atoms with Gasteiger partial charge in [-0.05, 0) is 26.3 Å². The van der Waals surface area contributed by atoms with E-state index in [1.165, 1.54) is 6.92 Å². The number of alkyl halides is 3. The van der Waals surface area contributed by atoms with Crippen LogP contribution in [0.1, 0.15) is 36.1 Å². The summed E-state index contributed by atoms with van der Waals surface area (Å²) >= 11 is 0. The second-order valence-electron chi connectivity index (χ2n) is 3.74. The summed E-state index contributed by atoms with van der Waals surface area (Å²) in [6.07, 6.45) is -2.55. The van der Waals surface area contributed by atoms with Gasteiger partial charge in [0.25, 0.3) is 0 Å². The highest BCUT2D eigenvalue weighted by atomic mass is 19.4. The Labute approximate surface area is 85.1 Å². The van der Waals surface area contributed by atoms with Crippen molar-refractivity contribution < 1.29 is 13.2 Å². The van der Waals surface area contributed by atoms with E-state index < -0.39 is 11.9 Å². The van der Waals surface area contributed by atoms with Gasteiger partial charge in [0.2, 0.25) is 0 Å². The Morgan fingerprint density at radius 3 is 2.60 bits per heavy atom. The molecule has 0 aromatic carbocycles. The van der Waals surface area contributed by atoms with Gasteiger partial charge in [0.1, 0.15) is 5.82 Å². The summed E-state index contributed by atoms with van der Waals surface area (Å²) in [5, 5.41) is 3.10. The topological polar surface area (TPSA) is 40.7 Å². The van der Waals surface area contributed by atoms with E-state index in [-0.39, 0.29) is 11.7 Å². The van der Waals surface area contributed by atoms with Crippen LogP contribution in [0.5, 0.6) is 0 Å². The molecule has 2 heterocycles. The number of aromatic amines is 1. The Balaban J connectivity index is 2.28. The van der Waals surface area contributed by atoms with E-state index in [0.717, 1.165) is 19.4 Å². The van der Waals surface area contributed by atoms with Gasteiger partial charge in [-0.1, -0.05) is 0 Å². The number of imidazole rings is 1. The van der Waals surface area contributed by atoms with Gasteiger partial charge in [-0.15, -0.1) is 0 Å². The SMILES string of the molecule is Cc1[nH]c(C2CCCN2)nc1C(F)(F)F. The fourth-order valence-electron chi connectivity index (χ4n) is 1.84.